The van der Waals surface area contributed by atoms with Gasteiger partial charge in [-0.15, -0.1) is 0 Å². The Bertz CT molecular complexity index is 679. The van der Waals surface area contributed by atoms with Gasteiger partial charge in [0.25, 0.3) is 0 Å². The van der Waals surface area contributed by atoms with E-state index >= 15 is 0 Å². The van der Waals surface area contributed by atoms with Crippen LogP contribution in [0.15, 0.2) is 30.4 Å². The zero-order valence-electron chi connectivity index (χ0n) is 17.9. The van der Waals surface area contributed by atoms with Gasteiger partial charge in [-0.2, -0.15) is 0 Å². The predicted molar refractivity (Wildman–Crippen MR) is 118 cm³/mol. The molecular weight excluding hydrogens is 386 g/mol. The fourth-order valence-corrected chi connectivity index (χ4v) is 3.90. The molecule has 0 aromatic heterocycles. The minimum Gasteiger partial charge on any atom is -0.459 e. The summed E-state index contributed by atoms with van der Waals surface area (Å²) in [6.45, 7) is 6.60. The van der Waals surface area contributed by atoms with Gasteiger partial charge in [-0.05, 0) is 51.5 Å². The third-order valence-electron chi connectivity index (χ3n) is 5.11. The lowest BCUT2D eigenvalue weighted by Crippen LogP contribution is -2.31. The summed E-state index contributed by atoms with van der Waals surface area (Å²) in [4.78, 5) is 13.1. The van der Waals surface area contributed by atoms with E-state index in [4.69, 9.17) is 26.3 Å². The van der Waals surface area contributed by atoms with E-state index in [-0.39, 0.29) is 30.9 Å². The van der Waals surface area contributed by atoms with Gasteiger partial charge in [0.1, 0.15) is 20.5 Å². The Morgan fingerprint density at radius 2 is 2.10 bits per heavy atom. The van der Waals surface area contributed by atoms with Crippen molar-refractivity contribution in [3.8, 4) is 0 Å². The molecule has 2 unspecified atom stereocenters. The Balaban J connectivity index is 2.28. The molecule has 29 heavy (non-hydrogen) atoms. The Labute approximate surface area is 177 Å². The minimum atomic E-state index is -0.945. The summed E-state index contributed by atoms with van der Waals surface area (Å²) >= 11 is 0. The molecule has 0 aliphatic carbocycles. The number of carbonyl (C=O) groups excluding carboxylic acids is 1. The highest BCUT2D eigenvalue weighted by Crippen LogP contribution is 2.27. The second-order valence-electron chi connectivity index (χ2n) is 7.54. The summed E-state index contributed by atoms with van der Waals surface area (Å²) in [5, 5.41) is 0. The van der Waals surface area contributed by atoms with E-state index in [0.29, 0.717) is 31.4 Å². The largest absolute Gasteiger partial charge is 0.459 e. The first-order chi connectivity index (χ1) is 13.9. The molecule has 1 heterocycles. The highest BCUT2D eigenvalue weighted by Gasteiger charge is 2.27. The van der Waals surface area contributed by atoms with Crippen LogP contribution in [0, 0.1) is 12.8 Å². The maximum atomic E-state index is 13.1. The molecule has 0 N–H and O–H groups in total. The number of rotatable bonds is 7. The maximum absolute atomic E-state index is 13.1. The molecule has 0 fully saturated rings. The van der Waals surface area contributed by atoms with Crippen molar-refractivity contribution in [2.75, 3.05) is 27.2 Å². The molecule has 1 aromatic rings. The summed E-state index contributed by atoms with van der Waals surface area (Å²) in [5.74, 6) is -0.0283. The summed E-state index contributed by atoms with van der Waals surface area (Å²) in [6, 6.07) is 5.91. The molecule has 1 aliphatic heterocycles. The number of carbonyl (C=O) groups is 1. The van der Waals surface area contributed by atoms with Crippen LogP contribution in [0.1, 0.15) is 47.7 Å². The molecular formula is C22H32BO5P. The third kappa shape index (κ3) is 7.86. The van der Waals surface area contributed by atoms with Gasteiger partial charge in [-0.25, -0.2) is 4.79 Å². The molecule has 0 bridgehead atoms. The van der Waals surface area contributed by atoms with E-state index < -0.39 is 8.03 Å². The van der Waals surface area contributed by atoms with Gasteiger partial charge in [0.2, 0.25) is 0 Å². The van der Waals surface area contributed by atoms with E-state index in [0.717, 1.165) is 17.5 Å². The van der Waals surface area contributed by atoms with Gasteiger partial charge in [-0.1, -0.05) is 37.3 Å². The average Bonchev–Trinajstić information content (AvgIpc) is 2.66. The molecule has 0 amide bonds. The van der Waals surface area contributed by atoms with Crippen LogP contribution in [0.4, 0.5) is 0 Å². The van der Waals surface area contributed by atoms with Crippen LogP contribution in [0.25, 0.3) is 0 Å². The normalized spacial score (nSPS) is 25.2. The zero-order valence-corrected chi connectivity index (χ0v) is 18.8. The van der Waals surface area contributed by atoms with Crippen molar-refractivity contribution in [2.45, 2.75) is 51.7 Å². The number of allylic oxidation sites excluding steroid dienone is 2. The molecule has 4 atom stereocenters. The van der Waals surface area contributed by atoms with Crippen molar-refractivity contribution in [1.82, 2.24) is 0 Å². The predicted octanol–water partition coefficient (Wildman–Crippen LogP) is 4.56. The topological polar surface area (TPSA) is 54.0 Å². The van der Waals surface area contributed by atoms with Crippen LogP contribution in [0.5, 0.6) is 0 Å². The van der Waals surface area contributed by atoms with Crippen LogP contribution in [-0.2, 0) is 25.2 Å². The molecule has 1 aliphatic rings. The highest BCUT2D eigenvalue weighted by atomic mass is 31.1. The van der Waals surface area contributed by atoms with E-state index in [1.54, 1.807) is 7.11 Å². The Kier molecular flexibility index (Phi) is 10.4. The quantitative estimate of drug-likeness (QED) is 0.214. The van der Waals surface area contributed by atoms with Gasteiger partial charge in [0.15, 0.2) is 0 Å². The number of hydrogen-bond acceptors (Lipinski definition) is 5. The summed E-state index contributed by atoms with van der Waals surface area (Å²) in [7, 11) is 6.42. The highest BCUT2D eigenvalue weighted by molar-refractivity contribution is 7.77. The van der Waals surface area contributed by atoms with E-state index in [2.05, 4.69) is 19.1 Å². The molecule has 0 saturated heterocycles. The lowest BCUT2D eigenvalue weighted by Gasteiger charge is -2.28. The van der Waals surface area contributed by atoms with Gasteiger partial charge in [0.05, 0.1) is 18.3 Å². The standard InChI is InChI=1S/C22H32BO5P/c1-16-8-5-6-10-18-11-7-9-17(2)21(18)22(24)28-19(12-13-27-29(4)23)14-20(16)26-15-25-3/h5-7,9,11,16,19-20H,8,10,12-15H2,1-4H3/b6-5-/t16-,19?,20+,29?/m0/s1. The van der Waals surface area contributed by atoms with Crippen molar-refractivity contribution < 1.29 is 23.5 Å². The second-order valence-corrected chi connectivity index (χ2v) is 8.89. The molecule has 2 rings (SSSR count). The fourth-order valence-electron chi connectivity index (χ4n) is 3.51. The van der Waals surface area contributed by atoms with E-state index in [9.17, 15) is 4.79 Å². The number of methoxy groups -OCH3 is 1. The van der Waals surface area contributed by atoms with Gasteiger partial charge >= 0.3 is 5.97 Å². The van der Waals surface area contributed by atoms with Crippen LogP contribution >= 0.6 is 8.03 Å². The lowest BCUT2D eigenvalue weighted by molar-refractivity contribution is -0.103. The zero-order chi connectivity index (χ0) is 21.2. The number of fused-ring (bicyclic) bond motifs is 1. The van der Waals surface area contributed by atoms with Crippen LogP contribution in [0.2, 0.25) is 0 Å². The Morgan fingerprint density at radius 3 is 2.83 bits per heavy atom. The van der Waals surface area contributed by atoms with E-state index in [1.807, 2.05) is 31.8 Å². The lowest BCUT2D eigenvalue weighted by atomic mass is 9.93. The molecule has 2 radical (unpaired) electrons. The number of ether oxygens (including phenoxy) is 3. The molecule has 0 saturated carbocycles. The number of esters is 1. The average molecular weight is 418 g/mol. The minimum absolute atomic E-state index is 0.0887. The van der Waals surface area contributed by atoms with Crippen LogP contribution in [0.3, 0.4) is 0 Å². The Hall–Kier alpha value is -1.20. The summed E-state index contributed by atoms with van der Waals surface area (Å²) < 4.78 is 22.6. The molecule has 0 spiro atoms. The fraction of sp³-hybridized carbons (Fsp3) is 0.591. The SMILES string of the molecule is [B]P(C)OCCC1C[C@@H](OCOC)[C@@H](C)C/C=C\Cc2cccc(C)c2C(=O)O1. The third-order valence-corrected chi connectivity index (χ3v) is 5.70. The molecule has 5 nitrogen and oxygen atoms in total. The monoisotopic (exact) mass is 418 g/mol. The van der Waals surface area contributed by atoms with Crippen molar-refractivity contribution in [1.29, 1.82) is 0 Å². The summed E-state index contributed by atoms with van der Waals surface area (Å²) in [5.41, 5.74) is 2.57. The second kappa shape index (κ2) is 12.5. The van der Waals surface area contributed by atoms with Crippen LogP contribution in [-0.4, -0.2) is 52.9 Å². The number of benzene rings is 1. The van der Waals surface area contributed by atoms with Crippen LogP contribution < -0.4 is 0 Å². The smallest absolute Gasteiger partial charge is 0.338 e. The molecule has 1 aromatic carbocycles. The van der Waals surface area contributed by atoms with Crippen molar-refractivity contribution in [3.05, 3.63) is 47.0 Å². The first-order valence-corrected chi connectivity index (χ1v) is 11.9. The van der Waals surface area contributed by atoms with Crippen molar-refractivity contribution >= 4 is 21.6 Å². The van der Waals surface area contributed by atoms with Gasteiger partial charge < -0.3 is 18.7 Å². The first kappa shape index (κ1) is 24.1. The first-order valence-electron chi connectivity index (χ1n) is 10.1. The van der Waals surface area contributed by atoms with E-state index in [1.165, 1.54) is 0 Å². The molecule has 158 valence electrons. The number of cyclic esters (lactones) is 1. The maximum Gasteiger partial charge on any atom is 0.338 e. The van der Waals surface area contributed by atoms with Gasteiger partial charge in [-0.3, -0.25) is 0 Å². The number of hydrogen-bond donors (Lipinski definition) is 0. The van der Waals surface area contributed by atoms with Crippen molar-refractivity contribution in [2.24, 2.45) is 5.92 Å². The van der Waals surface area contributed by atoms with Crippen molar-refractivity contribution in [3.63, 3.8) is 0 Å². The summed E-state index contributed by atoms with van der Waals surface area (Å²) in [6.07, 6.45) is 6.62. The Morgan fingerprint density at radius 1 is 1.31 bits per heavy atom. The molecule has 7 heteroatoms. The van der Waals surface area contributed by atoms with Gasteiger partial charge in [0, 0.05) is 20.0 Å². The number of aryl methyl sites for hydroxylation is 1.